The van der Waals surface area contributed by atoms with Gasteiger partial charge in [0.1, 0.15) is 11.5 Å². The first-order chi connectivity index (χ1) is 27.6. The van der Waals surface area contributed by atoms with Crippen LogP contribution in [0.1, 0.15) is 34.6 Å². The van der Waals surface area contributed by atoms with E-state index in [1.165, 1.54) is 6.92 Å². The lowest BCUT2D eigenvalue weighted by Crippen LogP contribution is -2.41. The van der Waals surface area contributed by atoms with Crippen molar-refractivity contribution in [3.8, 4) is 0 Å². The van der Waals surface area contributed by atoms with Crippen LogP contribution in [0.15, 0.2) is 166 Å². The number of hydrogen-bond donors (Lipinski definition) is 2. The smallest absolute Gasteiger partial charge is 0.210 e. The van der Waals surface area contributed by atoms with Gasteiger partial charge in [0.05, 0.1) is 57.9 Å². The molecule has 0 aromatic rings. The highest BCUT2D eigenvalue weighted by Crippen LogP contribution is 2.47. The highest BCUT2D eigenvalue weighted by molar-refractivity contribution is 6.48. The monoisotopic (exact) mass is 771 g/mol. The molecule has 12 heteroatoms. The molecule has 10 bridgehead atoms. The first kappa shape index (κ1) is 36.8. The minimum Gasteiger partial charge on any atom is -0.508 e. The van der Waals surface area contributed by atoms with Gasteiger partial charge in [-0.3, -0.25) is 24.0 Å². The van der Waals surface area contributed by atoms with Crippen LogP contribution in [0, 0.1) is 41.4 Å². The molecule has 5 heterocycles. The fourth-order valence-corrected chi connectivity index (χ4v) is 8.68. The van der Waals surface area contributed by atoms with E-state index in [2.05, 4.69) is 6.58 Å². The molecule has 5 aliphatic heterocycles. The maximum absolute atomic E-state index is 13.6. The van der Waals surface area contributed by atoms with Gasteiger partial charge >= 0.3 is 0 Å². The molecule has 10 rings (SSSR count). The molecule has 0 saturated carbocycles. The van der Waals surface area contributed by atoms with Crippen LogP contribution in [0.4, 0.5) is 0 Å². The SMILES string of the molecule is C=C1C(O)=C(O)C(C)C2=C1C1=CC3=NC(=CC4=NC(=CC5=NC(=NC2=N1)C1=C5C2C=CC1C(=O)C2=O)C=C4C1C=CC(C)C(=O)C1=O)C(C(/C=C\C(C)C)C(C)=O)=C3. The van der Waals surface area contributed by atoms with Gasteiger partial charge in [0, 0.05) is 39.7 Å². The Morgan fingerprint density at radius 2 is 1.38 bits per heavy atom. The van der Waals surface area contributed by atoms with Gasteiger partial charge in [-0.1, -0.05) is 70.7 Å². The molecule has 0 aromatic carbocycles. The van der Waals surface area contributed by atoms with Crippen molar-refractivity contribution in [3.05, 3.63) is 141 Å². The molecule has 58 heavy (non-hydrogen) atoms. The van der Waals surface area contributed by atoms with E-state index in [4.69, 9.17) is 25.0 Å². The van der Waals surface area contributed by atoms with Gasteiger partial charge in [0.2, 0.25) is 23.1 Å². The molecule has 6 unspecified atom stereocenters. The number of carbonyl (C=O) groups is 5. The number of Topliss-reactive ketones (excluding diaryl/α,β-unsaturated/α-hetero) is 5. The first-order valence-electron chi connectivity index (χ1n) is 19.2. The number of ketones is 5. The molecule has 5 aliphatic carbocycles. The van der Waals surface area contributed by atoms with E-state index in [1.54, 1.807) is 68.5 Å². The van der Waals surface area contributed by atoms with Crippen LogP contribution in [0.5, 0.6) is 0 Å². The van der Waals surface area contributed by atoms with Crippen LogP contribution in [-0.2, 0) is 24.0 Å². The lowest BCUT2D eigenvalue weighted by Gasteiger charge is -2.30. The topological polar surface area (TPSA) is 188 Å². The summed E-state index contributed by atoms with van der Waals surface area (Å²) >= 11 is 0. The van der Waals surface area contributed by atoms with Crippen LogP contribution >= 0.6 is 0 Å². The first-order valence-corrected chi connectivity index (χ1v) is 19.2. The summed E-state index contributed by atoms with van der Waals surface area (Å²) in [5, 5.41) is 22.0. The van der Waals surface area contributed by atoms with E-state index in [0.717, 1.165) is 0 Å². The zero-order chi connectivity index (χ0) is 41.1. The number of aliphatic hydroxyl groups is 2. The number of nitrogens with zero attached hydrogens (tertiary/aromatic N) is 5. The predicted octanol–water partition coefficient (Wildman–Crippen LogP) is 6.14. The molecule has 10 aliphatic rings. The van der Waals surface area contributed by atoms with Crippen molar-refractivity contribution in [3.63, 3.8) is 0 Å². The van der Waals surface area contributed by atoms with E-state index in [9.17, 15) is 34.2 Å². The molecule has 0 radical (unpaired) electrons. The molecular weight excluding hydrogens is 735 g/mol. The summed E-state index contributed by atoms with van der Waals surface area (Å²) in [6.07, 6.45) is 19.1. The van der Waals surface area contributed by atoms with E-state index < -0.39 is 64.4 Å². The minimum absolute atomic E-state index is 0.116. The Morgan fingerprint density at radius 1 is 0.707 bits per heavy atom. The molecule has 12 nitrogen and oxygen atoms in total. The summed E-state index contributed by atoms with van der Waals surface area (Å²) < 4.78 is 0. The summed E-state index contributed by atoms with van der Waals surface area (Å²) in [6.45, 7) is 13.0. The molecule has 0 saturated heterocycles. The number of amidine groups is 2. The number of aliphatic imine (C=N–C) groups is 5. The number of allylic oxidation sites excluding steroid dienone is 17. The lowest BCUT2D eigenvalue weighted by molar-refractivity contribution is -0.139. The summed E-state index contributed by atoms with van der Waals surface area (Å²) in [5.41, 5.74) is 5.12. The lowest BCUT2D eigenvalue weighted by atomic mass is 9.69. The number of aliphatic hydroxyl groups excluding tert-OH is 2. The molecule has 0 spiro atoms. The normalized spacial score (nSPS) is 29.0. The summed E-state index contributed by atoms with van der Waals surface area (Å²) in [4.78, 5) is 91.3. The van der Waals surface area contributed by atoms with Gasteiger partial charge < -0.3 is 10.2 Å². The Morgan fingerprint density at radius 3 is 2.09 bits per heavy atom. The van der Waals surface area contributed by atoms with Gasteiger partial charge in [-0.25, -0.2) is 25.0 Å². The quantitative estimate of drug-likeness (QED) is 0.248. The summed E-state index contributed by atoms with van der Waals surface area (Å²) in [6, 6.07) is 0. The fraction of sp³-hybridized carbons (Fsp3) is 0.261. The largest absolute Gasteiger partial charge is 0.508 e. The second kappa shape index (κ2) is 13.1. The number of fused-ring (bicyclic) bond motifs is 7. The van der Waals surface area contributed by atoms with Crippen molar-refractivity contribution in [1.29, 1.82) is 0 Å². The minimum atomic E-state index is -0.950. The fourth-order valence-electron chi connectivity index (χ4n) is 8.68. The molecule has 6 atom stereocenters. The van der Waals surface area contributed by atoms with Gasteiger partial charge in [-0.15, -0.1) is 0 Å². The summed E-state index contributed by atoms with van der Waals surface area (Å²) in [7, 11) is 0. The van der Waals surface area contributed by atoms with E-state index in [-0.39, 0.29) is 34.7 Å². The second-order valence-corrected chi connectivity index (χ2v) is 15.9. The third kappa shape index (κ3) is 5.49. The highest BCUT2D eigenvalue weighted by Gasteiger charge is 2.49. The molecule has 0 aromatic heterocycles. The Bertz CT molecular complexity index is 2720. The number of carbonyl (C=O) groups excluding carboxylic acids is 5. The third-order valence-electron chi connectivity index (χ3n) is 11.7. The van der Waals surface area contributed by atoms with Crippen LogP contribution in [0.2, 0.25) is 0 Å². The van der Waals surface area contributed by atoms with Crippen molar-refractivity contribution in [2.24, 2.45) is 66.4 Å². The van der Waals surface area contributed by atoms with Crippen LogP contribution in [-0.4, -0.2) is 67.9 Å². The third-order valence-corrected chi connectivity index (χ3v) is 11.7. The van der Waals surface area contributed by atoms with Crippen LogP contribution < -0.4 is 0 Å². The Labute approximate surface area is 333 Å². The zero-order valence-electron chi connectivity index (χ0n) is 32.3. The number of rotatable bonds is 5. The molecule has 2 N–H and O–H groups in total. The van der Waals surface area contributed by atoms with Gasteiger partial charge in [-0.05, 0) is 54.4 Å². The van der Waals surface area contributed by atoms with Crippen molar-refractivity contribution < 1.29 is 34.2 Å². The highest BCUT2D eigenvalue weighted by atomic mass is 16.3. The van der Waals surface area contributed by atoms with E-state index >= 15 is 0 Å². The van der Waals surface area contributed by atoms with Crippen LogP contribution in [0.3, 0.4) is 0 Å². The Hall–Kier alpha value is -6.82. The van der Waals surface area contributed by atoms with Crippen molar-refractivity contribution in [2.45, 2.75) is 34.6 Å². The van der Waals surface area contributed by atoms with Gasteiger partial charge in [0.25, 0.3) is 0 Å². The van der Waals surface area contributed by atoms with Crippen LogP contribution in [0.25, 0.3) is 0 Å². The van der Waals surface area contributed by atoms with Gasteiger partial charge in [0.15, 0.2) is 17.4 Å². The molecule has 0 amide bonds. The predicted molar refractivity (Wildman–Crippen MR) is 218 cm³/mol. The Balaban J connectivity index is 1.32. The van der Waals surface area contributed by atoms with Crippen molar-refractivity contribution in [1.82, 2.24) is 0 Å². The van der Waals surface area contributed by atoms with Crippen molar-refractivity contribution in [2.75, 3.05) is 0 Å². The Kier molecular flexibility index (Phi) is 8.32. The summed E-state index contributed by atoms with van der Waals surface area (Å²) in [5.74, 6) is -7.48. The van der Waals surface area contributed by atoms with Crippen molar-refractivity contribution >= 4 is 57.7 Å². The van der Waals surface area contributed by atoms with Gasteiger partial charge in [-0.2, -0.15) is 0 Å². The molecule has 0 fully saturated rings. The number of hydrogen-bond acceptors (Lipinski definition) is 12. The average molecular weight is 772 g/mol. The van der Waals surface area contributed by atoms with E-state index in [1.807, 2.05) is 26.0 Å². The van der Waals surface area contributed by atoms with E-state index in [0.29, 0.717) is 67.7 Å². The average Bonchev–Trinajstić information content (AvgIpc) is 3.95. The molecule has 288 valence electrons. The second-order valence-electron chi connectivity index (χ2n) is 15.9. The maximum Gasteiger partial charge on any atom is 0.210 e. The maximum atomic E-state index is 13.6. The molecular formula is C46H37N5O7. The standard InChI is InChI=1S/C46H37N5O7/c1-18(2)7-9-25(22(6)52)29-13-23-15-33-35-20(4)40(54)41(55)21(5)36(35)45(49-33)51-46-38-28-12-11-27(43(57)44(28)58)37(38)34(50-46)16-24-14-30(32(48-24)17-31(29)47-23)26-10-8-19(3)39(53)42(26)56/h7-19,21,25-28,54-55H,4H2,1-3,5-6H3/b9-7-,23-15?,24-16?,31-17?,32-17?,33-15?,34-16?,51-45?,51-46?. The zero-order valence-corrected chi connectivity index (χ0v) is 32.3.